The molecule has 21 heavy (non-hydrogen) atoms. The quantitative estimate of drug-likeness (QED) is 0.868. The van der Waals surface area contributed by atoms with E-state index in [4.69, 9.17) is 11.6 Å². The molecule has 0 bridgehead atoms. The van der Waals surface area contributed by atoms with E-state index in [0.29, 0.717) is 0 Å². The van der Waals surface area contributed by atoms with Crippen molar-refractivity contribution in [3.63, 3.8) is 0 Å². The maximum absolute atomic E-state index is 12.3. The number of hydrogen-bond donors (Lipinski definition) is 1. The zero-order valence-electron chi connectivity index (χ0n) is 12.3. The Kier molecular flexibility index (Phi) is 5.98. The maximum Gasteiger partial charge on any atom is 0.243 e. The van der Waals surface area contributed by atoms with Crippen LogP contribution < -0.4 is 4.72 Å². The molecule has 2 rings (SSSR count). The van der Waals surface area contributed by atoms with Gasteiger partial charge in [-0.2, -0.15) is 0 Å². The summed E-state index contributed by atoms with van der Waals surface area (Å²) in [5, 5.41) is 0.206. The first-order chi connectivity index (χ1) is 10.0. The van der Waals surface area contributed by atoms with Gasteiger partial charge in [-0.15, -0.1) is 0 Å². The molecule has 0 aliphatic carbocycles. The van der Waals surface area contributed by atoms with E-state index in [1.165, 1.54) is 31.3 Å². The summed E-state index contributed by atoms with van der Waals surface area (Å²) in [5.74, 6) is 0. The lowest BCUT2D eigenvalue weighted by Crippen LogP contribution is -2.44. The zero-order chi connectivity index (χ0) is 15.3. The molecule has 1 saturated heterocycles. The van der Waals surface area contributed by atoms with Crippen LogP contribution >= 0.6 is 11.6 Å². The smallest absolute Gasteiger partial charge is 0.243 e. The van der Waals surface area contributed by atoms with Gasteiger partial charge in [-0.1, -0.05) is 24.9 Å². The number of halogens is 1. The number of piperidine rings is 1. The molecule has 0 unspecified atom stereocenters. The van der Waals surface area contributed by atoms with E-state index in [1.807, 2.05) is 0 Å². The summed E-state index contributed by atoms with van der Waals surface area (Å²) in [5.41, 5.74) is 0. The van der Waals surface area contributed by atoms with Crippen molar-refractivity contribution < 1.29 is 8.42 Å². The van der Waals surface area contributed by atoms with Crippen molar-refractivity contribution in [3.05, 3.63) is 23.5 Å². The number of pyridine rings is 1. The molecule has 0 atom stereocenters. The monoisotopic (exact) mass is 331 g/mol. The van der Waals surface area contributed by atoms with Crippen molar-refractivity contribution in [1.29, 1.82) is 0 Å². The fourth-order valence-corrected chi connectivity index (χ4v) is 4.24. The molecular formula is C14H22ClN3O2S. The zero-order valence-corrected chi connectivity index (χ0v) is 13.8. The Morgan fingerprint density at radius 3 is 2.76 bits per heavy atom. The highest BCUT2D eigenvalue weighted by Crippen LogP contribution is 2.21. The van der Waals surface area contributed by atoms with Gasteiger partial charge < -0.3 is 4.90 Å². The summed E-state index contributed by atoms with van der Waals surface area (Å²) >= 11 is 5.94. The number of nitrogens with one attached hydrogen (secondary N) is 1. The first-order valence-electron chi connectivity index (χ1n) is 7.37. The third-order valence-corrected chi connectivity index (χ3v) is 5.75. The lowest BCUT2D eigenvalue weighted by molar-refractivity contribution is 0.205. The van der Waals surface area contributed by atoms with Crippen LogP contribution in [0.15, 0.2) is 23.4 Å². The first-order valence-corrected chi connectivity index (χ1v) is 9.23. The molecule has 1 N–H and O–H groups in total. The number of aromatic nitrogens is 1. The number of rotatable bonds is 6. The standard InChI is InChI=1S/C14H22ClN3O2S/c1-2-3-8-18-9-5-12(6-10-18)17-21(19,20)14-11-16-7-4-13(14)15/h4,7,11-12,17H,2-3,5-6,8-10H2,1H3. The van der Waals surface area contributed by atoms with Gasteiger partial charge in [0.2, 0.25) is 10.0 Å². The van der Waals surface area contributed by atoms with Gasteiger partial charge in [-0.25, -0.2) is 13.1 Å². The van der Waals surface area contributed by atoms with Crippen LogP contribution in [-0.2, 0) is 10.0 Å². The molecule has 1 aromatic heterocycles. The Labute approximate surface area is 131 Å². The van der Waals surface area contributed by atoms with Crippen LogP contribution in [-0.4, -0.2) is 44.0 Å². The average Bonchev–Trinajstić information content (AvgIpc) is 2.46. The molecule has 1 aliphatic heterocycles. The molecule has 1 aliphatic rings. The summed E-state index contributed by atoms with van der Waals surface area (Å²) in [7, 11) is -3.59. The van der Waals surface area contributed by atoms with Gasteiger partial charge in [-0.3, -0.25) is 4.98 Å². The van der Waals surface area contributed by atoms with Gasteiger partial charge in [-0.05, 0) is 45.0 Å². The topological polar surface area (TPSA) is 62.3 Å². The number of unbranched alkanes of at least 4 members (excludes halogenated alkanes) is 1. The Balaban J connectivity index is 1.92. The SMILES string of the molecule is CCCCN1CCC(NS(=O)(=O)c2cnccc2Cl)CC1. The van der Waals surface area contributed by atoms with E-state index in [0.717, 1.165) is 32.5 Å². The van der Waals surface area contributed by atoms with Crippen LogP contribution in [0.2, 0.25) is 5.02 Å². The third-order valence-electron chi connectivity index (χ3n) is 3.76. The van der Waals surface area contributed by atoms with Gasteiger partial charge in [0.1, 0.15) is 4.90 Å². The van der Waals surface area contributed by atoms with Crippen molar-refractivity contribution >= 4 is 21.6 Å². The molecule has 0 saturated carbocycles. The first kappa shape index (κ1) is 16.7. The minimum absolute atomic E-state index is 0.0239. The fourth-order valence-electron chi connectivity index (χ4n) is 2.50. The number of hydrogen-bond acceptors (Lipinski definition) is 4. The van der Waals surface area contributed by atoms with E-state index in [-0.39, 0.29) is 16.0 Å². The fraction of sp³-hybridized carbons (Fsp3) is 0.643. The normalized spacial score (nSPS) is 18.0. The van der Waals surface area contributed by atoms with Crippen LogP contribution in [0.3, 0.4) is 0 Å². The minimum Gasteiger partial charge on any atom is -0.303 e. The van der Waals surface area contributed by atoms with Gasteiger partial charge in [0.15, 0.2) is 0 Å². The molecule has 7 heteroatoms. The molecule has 1 aromatic rings. The molecular weight excluding hydrogens is 310 g/mol. The summed E-state index contributed by atoms with van der Waals surface area (Å²) in [4.78, 5) is 6.29. The Hall–Kier alpha value is -0.690. The van der Waals surface area contributed by atoms with Crippen LogP contribution in [0.5, 0.6) is 0 Å². The summed E-state index contributed by atoms with van der Waals surface area (Å²) in [6.45, 7) is 5.16. The van der Waals surface area contributed by atoms with Crippen molar-refractivity contribution in [3.8, 4) is 0 Å². The van der Waals surface area contributed by atoms with Crippen molar-refractivity contribution in [2.75, 3.05) is 19.6 Å². The second-order valence-electron chi connectivity index (χ2n) is 5.40. The second kappa shape index (κ2) is 7.54. The van der Waals surface area contributed by atoms with Crippen molar-refractivity contribution in [2.45, 2.75) is 43.5 Å². The van der Waals surface area contributed by atoms with Crippen LogP contribution in [0.4, 0.5) is 0 Å². The average molecular weight is 332 g/mol. The summed E-state index contributed by atoms with van der Waals surface area (Å²) < 4.78 is 27.4. The highest BCUT2D eigenvalue weighted by Gasteiger charge is 2.25. The molecule has 0 radical (unpaired) electrons. The number of likely N-dealkylation sites (tertiary alicyclic amines) is 1. The van der Waals surface area contributed by atoms with Gasteiger partial charge in [0, 0.05) is 18.4 Å². The Bertz CT molecular complexity index is 557. The minimum atomic E-state index is -3.59. The summed E-state index contributed by atoms with van der Waals surface area (Å²) in [6, 6.07) is 1.47. The molecule has 118 valence electrons. The summed E-state index contributed by atoms with van der Waals surface area (Å²) in [6.07, 6.45) is 6.82. The van der Waals surface area contributed by atoms with Crippen molar-refractivity contribution in [1.82, 2.24) is 14.6 Å². The molecule has 0 spiro atoms. The molecule has 5 nitrogen and oxygen atoms in total. The van der Waals surface area contributed by atoms with Gasteiger partial charge in [0.25, 0.3) is 0 Å². The van der Waals surface area contributed by atoms with Crippen molar-refractivity contribution in [2.24, 2.45) is 0 Å². The Morgan fingerprint density at radius 2 is 2.14 bits per heavy atom. The predicted molar refractivity (Wildman–Crippen MR) is 83.9 cm³/mol. The highest BCUT2D eigenvalue weighted by atomic mass is 35.5. The van der Waals surface area contributed by atoms with Gasteiger partial charge >= 0.3 is 0 Å². The van der Waals surface area contributed by atoms with E-state index in [9.17, 15) is 8.42 Å². The molecule has 0 amide bonds. The largest absolute Gasteiger partial charge is 0.303 e. The van der Waals surface area contributed by atoms with E-state index < -0.39 is 10.0 Å². The van der Waals surface area contributed by atoms with Crippen LogP contribution in [0.25, 0.3) is 0 Å². The maximum atomic E-state index is 12.3. The second-order valence-corrected chi connectivity index (χ2v) is 7.49. The van der Waals surface area contributed by atoms with Gasteiger partial charge in [0.05, 0.1) is 5.02 Å². The van der Waals surface area contributed by atoms with Crippen LogP contribution in [0, 0.1) is 0 Å². The lowest BCUT2D eigenvalue weighted by atomic mass is 10.1. The molecule has 2 heterocycles. The molecule has 1 fully saturated rings. The molecule has 0 aromatic carbocycles. The Morgan fingerprint density at radius 1 is 1.43 bits per heavy atom. The van der Waals surface area contributed by atoms with E-state index >= 15 is 0 Å². The van der Waals surface area contributed by atoms with E-state index in [2.05, 4.69) is 21.5 Å². The van der Waals surface area contributed by atoms with E-state index in [1.54, 1.807) is 0 Å². The third kappa shape index (κ3) is 4.64. The highest BCUT2D eigenvalue weighted by molar-refractivity contribution is 7.89. The lowest BCUT2D eigenvalue weighted by Gasteiger charge is -2.32. The number of sulfonamides is 1. The van der Waals surface area contributed by atoms with Crippen LogP contribution in [0.1, 0.15) is 32.6 Å². The number of nitrogens with zero attached hydrogens (tertiary/aromatic N) is 2. The predicted octanol–water partition coefficient (Wildman–Crippen LogP) is 2.28.